The third kappa shape index (κ3) is 21.5. The fourth-order valence-electron chi connectivity index (χ4n) is 3.27. The lowest BCUT2D eigenvalue weighted by Gasteiger charge is -2.18. The number of hydrogen-bond donors (Lipinski definition) is 2. The maximum Gasteiger partial charge on any atom is 0.219 e. The minimum Gasteiger partial charge on any atom is -0.356 e. The quantitative estimate of drug-likeness (QED) is 0.256. The van der Waals surface area contributed by atoms with E-state index in [9.17, 15) is 4.79 Å². The third-order valence-corrected chi connectivity index (χ3v) is 5.10. The molecule has 0 aromatic rings. The van der Waals surface area contributed by atoms with Gasteiger partial charge < -0.3 is 11.1 Å². The minimum absolute atomic E-state index is 0.184. The molecule has 26 heavy (non-hydrogen) atoms. The topological polar surface area (TPSA) is 55.1 Å². The van der Waals surface area contributed by atoms with E-state index >= 15 is 0 Å². The van der Waals surface area contributed by atoms with Crippen molar-refractivity contribution in [3.63, 3.8) is 0 Å². The molecule has 3 heteroatoms. The zero-order valence-corrected chi connectivity index (χ0v) is 18.2. The number of carbonyl (C=O) groups excluding carboxylic acids is 1. The van der Waals surface area contributed by atoms with Gasteiger partial charge in [0.25, 0.3) is 0 Å². The van der Waals surface area contributed by atoms with E-state index in [0.29, 0.717) is 13.0 Å². The van der Waals surface area contributed by atoms with E-state index in [-0.39, 0.29) is 11.4 Å². The number of carbonyl (C=O) groups is 1. The Morgan fingerprint density at radius 2 is 1.12 bits per heavy atom. The smallest absolute Gasteiger partial charge is 0.219 e. The number of nitrogens with one attached hydrogen (secondary N) is 1. The molecule has 156 valence electrons. The van der Waals surface area contributed by atoms with E-state index in [1.54, 1.807) is 0 Å². The molecule has 0 bridgehead atoms. The summed E-state index contributed by atoms with van der Waals surface area (Å²) in [7, 11) is 0. The Morgan fingerprint density at radius 1 is 0.731 bits per heavy atom. The van der Waals surface area contributed by atoms with Crippen LogP contribution in [0.3, 0.4) is 0 Å². The summed E-state index contributed by atoms with van der Waals surface area (Å²) in [6.45, 7) is 6.96. The second kappa shape index (κ2) is 17.8. The fraction of sp³-hybridized carbons (Fsp3) is 0.957. The normalized spacial score (nSPS) is 11.7. The Kier molecular flexibility index (Phi) is 17.4. The summed E-state index contributed by atoms with van der Waals surface area (Å²) in [4.78, 5) is 11.7. The van der Waals surface area contributed by atoms with E-state index < -0.39 is 0 Å². The Hall–Kier alpha value is -0.570. The first-order valence-electron chi connectivity index (χ1n) is 11.5. The standard InChI is InChI=1S/C23H48N2O/c1-4-5-6-7-8-9-10-11-12-13-14-15-16-17-18-19-22(26)25-21-20-23(2,3)24/h4-21,24H2,1-3H3,(H,25,26). The van der Waals surface area contributed by atoms with E-state index in [1.165, 1.54) is 89.9 Å². The number of unbranched alkanes of at least 4 members (excludes halogenated alkanes) is 14. The lowest BCUT2D eigenvalue weighted by atomic mass is 10.0. The SMILES string of the molecule is CCCCCCCCCCCCCCCCCC(=O)NCCC(C)(C)N. The van der Waals surface area contributed by atoms with Gasteiger partial charge in [-0.05, 0) is 26.7 Å². The Morgan fingerprint density at radius 3 is 1.50 bits per heavy atom. The molecule has 3 nitrogen and oxygen atoms in total. The van der Waals surface area contributed by atoms with Crippen molar-refractivity contribution in [2.75, 3.05) is 6.54 Å². The van der Waals surface area contributed by atoms with Crippen molar-refractivity contribution < 1.29 is 4.79 Å². The largest absolute Gasteiger partial charge is 0.356 e. The van der Waals surface area contributed by atoms with Crippen molar-refractivity contribution in [1.29, 1.82) is 0 Å². The van der Waals surface area contributed by atoms with Crippen LogP contribution in [0.25, 0.3) is 0 Å². The predicted octanol–water partition coefficient (Wildman–Crippen LogP) is 6.49. The second-order valence-corrected chi connectivity index (χ2v) is 8.79. The summed E-state index contributed by atoms with van der Waals surface area (Å²) >= 11 is 0. The van der Waals surface area contributed by atoms with E-state index in [1.807, 2.05) is 13.8 Å². The molecule has 0 aliphatic carbocycles. The molecule has 0 saturated carbocycles. The molecule has 0 aromatic heterocycles. The number of nitrogens with two attached hydrogens (primary N) is 1. The second-order valence-electron chi connectivity index (χ2n) is 8.79. The molecular weight excluding hydrogens is 320 g/mol. The van der Waals surface area contributed by atoms with Crippen molar-refractivity contribution in [3.8, 4) is 0 Å². The van der Waals surface area contributed by atoms with Crippen molar-refractivity contribution in [2.24, 2.45) is 5.73 Å². The molecule has 0 aliphatic heterocycles. The summed E-state index contributed by atoms with van der Waals surface area (Å²) in [5, 5.41) is 2.97. The van der Waals surface area contributed by atoms with Crippen LogP contribution in [-0.4, -0.2) is 18.0 Å². The maximum absolute atomic E-state index is 11.7. The Bertz CT molecular complexity index is 310. The van der Waals surface area contributed by atoms with Gasteiger partial charge in [0, 0.05) is 18.5 Å². The Labute approximate surface area is 164 Å². The van der Waals surface area contributed by atoms with Crippen molar-refractivity contribution in [2.45, 2.75) is 135 Å². The van der Waals surface area contributed by atoms with Crippen LogP contribution in [0, 0.1) is 0 Å². The van der Waals surface area contributed by atoms with E-state index in [2.05, 4.69) is 12.2 Å². The molecule has 0 rings (SSSR count). The summed E-state index contributed by atoms with van der Waals surface area (Å²) in [6, 6.07) is 0. The van der Waals surface area contributed by atoms with Gasteiger partial charge in [0.05, 0.1) is 0 Å². The first-order valence-corrected chi connectivity index (χ1v) is 11.5. The Balaban J connectivity index is 3.16. The minimum atomic E-state index is -0.193. The summed E-state index contributed by atoms with van der Waals surface area (Å²) in [5.74, 6) is 0.184. The summed E-state index contributed by atoms with van der Waals surface area (Å²) in [5.41, 5.74) is 5.71. The van der Waals surface area contributed by atoms with Crippen molar-refractivity contribution in [3.05, 3.63) is 0 Å². The highest BCUT2D eigenvalue weighted by molar-refractivity contribution is 5.75. The highest BCUT2D eigenvalue weighted by atomic mass is 16.1. The average Bonchev–Trinajstić information content (AvgIpc) is 2.57. The highest BCUT2D eigenvalue weighted by Gasteiger charge is 2.10. The maximum atomic E-state index is 11.7. The molecule has 1 amide bonds. The van der Waals surface area contributed by atoms with Crippen LogP contribution in [0.2, 0.25) is 0 Å². The zero-order chi connectivity index (χ0) is 19.5. The van der Waals surface area contributed by atoms with Gasteiger partial charge in [0.15, 0.2) is 0 Å². The predicted molar refractivity (Wildman–Crippen MR) is 115 cm³/mol. The van der Waals surface area contributed by atoms with Gasteiger partial charge in [-0.3, -0.25) is 4.79 Å². The van der Waals surface area contributed by atoms with E-state index in [4.69, 9.17) is 5.73 Å². The van der Waals surface area contributed by atoms with Gasteiger partial charge in [-0.25, -0.2) is 0 Å². The first kappa shape index (κ1) is 25.4. The van der Waals surface area contributed by atoms with Gasteiger partial charge in [-0.1, -0.05) is 96.8 Å². The van der Waals surface area contributed by atoms with Crippen LogP contribution < -0.4 is 11.1 Å². The third-order valence-electron chi connectivity index (χ3n) is 5.10. The molecule has 0 unspecified atom stereocenters. The van der Waals surface area contributed by atoms with Gasteiger partial charge in [-0.15, -0.1) is 0 Å². The van der Waals surface area contributed by atoms with Crippen LogP contribution in [0.5, 0.6) is 0 Å². The van der Waals surface area contributed by atoms with Gasteiger partial charge in [-0.2, -0.15) is 0 Å². The average molecular weight is 369 g/mol. The van der Waals surface area contributed by atoms with Crippen LogP contribution in [-0.2, 0) is 4.79 Å². The van der Waals surface area contributed by atoms with Gasteiger partial charge >= 0.3 is 0 Å². The fourth-order valence-corrected chi connectivity index (χ4v) is 3.27. The molecule has 0 heterocycles. The monoisotopic (exact) mass is 368 g/mol. The molecule has 0 saturated heterocycles. The molecule has 0 aromatic carbocycles. The number of rotatable bonds is 19. The first-order chi connectivity index (χ1) is 12.5. The highest BCUT2D eigenvalue weighted by Crippen LogP contribution is 2.13. The molecule has 0 aliphatic rings. The molecule has 3 N–H and O–H groups in total. The zero-order valence-electron chi connectivity index (χ0n) is 18.2. The molecule has 0 fully saturated rings. The lowest BCUT2D eigenvalue weighted by molar-refractivity contribution is -0.121. The molecule has 0 atom stereocenters. The van der Waals surface area contributed by atoms with Gasteiger partial charge in [0.2, 0.25) is 5.91 Å². The summed E-state index contributed by atoms with van der Waals surface area (Å²) < 4.78 is 0. The molecule has 0 radical (unpaired) electrons. The van der Waals surface area contributed by atoms with Crippen LogP contribution in [0.4, 0.5) is 0 Å². The number of amides is 1. The summed E-state index contributed by atoms with van der Waals surface area (Å²) in [6.07, 6.45) is 21.9. The van der Waals surface area contributed by atoms with Crippen LogP contribution in [0.15, 0.2) is 0 Å². The van der Waals surface area contributed by atoms with E-state index in [0.717, 1.165) is 12.8 Å². The lowest BCUT2D eigenvalue weighted by Crippen LogP contribution is -2.37. The van der Waals surface area contributed by atoms with Crippen LogP contribution >= 0.6 is 0 Å². The molecule has 0 spiro atoms. The number of hydrogen-bond acceptors (Lipinski definition) is 2. The molecular formula is C23H48N2O. The van der Waals surface area contributed by atoms with Gasteiger partial charge in [0.1, 0.15) is 0 Å². The van der Waals surface area contributed by atoms with Crippen molar-refractivity contribution >= 4 is 5.91 Å². The van der Waals surface area contributed by atoms with Crippen LogP contribution in [0.1, 0.15) is 130 Å². The van der Waals surface area contributed by atoms with Crippen molar-refractivity contribution in [1.82, 2.24) is 5.32 Å².